The fraction of sp³-hybridized carbons (Fsp3) is 0.348. The molecule has 0 aliphatic carbocycles. The van der Waals surface area contributed by atoms with Crippen molar-refractivity contribution in [1.29, 1.82) is 0 Å². The number of amides is 1. The van der Waals surface area contributed by atoms with Crippen molar-refractivity contribution in [3.05, 3.63) is 71.6 Å². The summed E-state index contributed by atoms with van der Waals surface area (Å²) in [6.45, 7) is 1.19. The maximum absolute atomic E-state index is 12.7. The second-order valence-electron chi connectivity index (χ2n) is 7.68. The minimum Gasteiger partial charge on any atom is -0.420 e. The number of rotatable bonds is 6. The molecule has 1 unspecified atom stereocenters. The van der Waals surface area contributed by atoms with Crippen LogP contribution in [0.25, 0.3) is 11.5 Å². The first-order valence-corrected chi connectivity index (χ1v) is 11.5. The van der Waals surface area contributed by atoms with Gasteiger partial charge in [-0.05, 0) is 42.7 Å². The van der Waals surface area contributed by atoms with Gasteiger partial charge < -0.3 is 9.32 Å². The van der Waals surface area contributed by atoms with E-state index in [1.165, 1.54) is 17.7 Å². The number of benzene rings is 2. The predicted octanol–water partition coefficient (Wildman–Crippen LogP) is 5.39. The van der Waals surface area contributed by atoms with E-state index in [2.05, 4.69) is 10.2 Å². The fourth-order valence-electron chi connectivity index (χ4n) is 3.64. The summed E-state index contributed by atoms with van der Waals surface area (Å²) >= 11 is 1.59. The molecule has 0 bridgehead atoms. The summed E-state index contributed by atoms with van der Waals surface area (Å²) in [5, 5.41) is 8.10. The van der Waals surface area contributed by atoms with Crippen LogP contribution in [0, 0.1) is 0 Å². The number of thioether (sulfide) groups is 1. The summed E-state index contributed by atoms with van der Waals surface area (Å²) in [6, 6.07) is 14.6. The van der Waals surface area contributed by atoms with E-state index in [4.69, 9.17) is 4.42 Å². The average Bonchev–Trinajstić information content (AvgIpc) is 3.30. The van der Waals surface area contributed by atoms with Gasteiger partial charge in [-0.3, -0.25) is 4.79 Å². The second kappa shape index (κ2) is 9.77. The van der Waals surface area contributed by atoms with Crippen LogP contribution in [0.3, 0.4) is 0 Å². The van der Waals surface area contributed by atoms with Gasteiger partial charge in [0.05, 0.1) is 17.2 Å². The Labute approximate surface area is 188 Å². The summed E-state index contributed by atoms with van der Waals surface area (Å²) in [4.78, 5) is 14.5. The largest absolute Gasteiger partial charge is 0.420 e. The van der Waals surface area contributed by atoms with Crippen LogP contribution >= 0.6 is 11.8 Å². The number of aromatic nitrogens is 2. The van der Waals surface area contributed by atoms with E-state index in [1.54, 1.807) is 11.8 Å². The smallest absolute Gasteiger partial charge is 0.416 e. The molecular weight excluding hydrogens is 439 g/mol. The lowest BCUT2D eigenvalue weighted by molar-refractivity contribution is -0.137. The molecule has 1 amide bonds. The van der Waals surface area contributed by atoms with Crippen LogP contribution in [0.4, 0.5) is 13.2 Å². The molecule has 1 fully saturated rings. The molecule has 2 aromatic carbocycles. The molecule has 0 radical (unpaired) electrons. The van der Waals surface area contributed by atoms with E-state index in [9.17, 15) is 18.0 Å². The van der Waals surface area contributed by atoms with Crippen LogP contribution in [0.2, 0.25) is 0 Å². The average molecular weight is 462 g/mol. The first kappa shape index (κ1) is 22.4. The van der Waals surface area contributed by atoms with Crippen LogP contribution in [-0.4, -0.2) is 39.8 Å². The van der Waals surface area contributed by atoms with Crippen LogP contribution in [0.5, 0.6) is 0 Å². The van der Waals surface area contributed by atoms with Gasteiger partial charge in [-0.2, -0.15) is 13.2 Å². The first-order chi connectivity index (χ1) is 15.4. The monoisotopic (exact) mass is 461 g/mol. The van der Waals surface area contributed by atoms with Gasteiger partial charge in [0.2, 0.25) is 17.7 Å². The number of hydrogen-bond donors (Lipinski definition) is 0. The van der Waals surface area contributed by atoms with E-state index >= 15 is 0 Å². The lowest BCUT2D eigenvalue weighted by atomic mass is 9.98. The van der Waals surface area contributed by atoms with Gasteiger partial charge >= 0.3 is 6.18 Å². The third-order valence-electron chi connectivity index (χ3n) is 5.36. The normalized spacial score (nSPS) is 16.8. The maximum Gasteiger partial charge on any atom is 0.416 e. The highest BCUT2D eigenvalue weighted by Crippen LogP contribution is 2.32. The number of halogens is 3. The first-order valence-electron chi connectivity index (χ1n) is 10.3. The van der Waals surface area contributed by atoms with Gasteiger partial charge in [-0.15, -0.1) is 22.0 Å². The Morgan fingerprint density at radius 1 is 1.09 bits per heavy atom. The van der Waals surface area contributed by atoms with Gasteiger partial charge in [0.15, 0.2) is 0 Å². The molecule has 0 saturated carbocycles. The lowest BCUT2D eigenvalue weighted by Crippen LogP contribution is -2.40. The van der Waals surface area contributed by atoms with Crippen molar-refractivity contribution in [3.8, 4) is 11.5 Å². The Hall–Kier alpha value is -2.81. The third kappa shape index (κ3) is 5.51. The van der Waals surface area contributed by atoms with Gasteiger partial charge in [-0.25, -0.2) is 0 Å². The molecular formula is C23H22F3N3O2S. The fourth-order valence-corrected chi connectivity index (χ4v) is 4.53. The molecule has 1 saturated heterocycles. The van der Waals surface area contributed by atoms with Gasteiger partial charge in [0.25, 0.3) is 0 Å². The quantitative estimate of drug-likeness (QED) is 0.492. The van der Waals surface area contributed by atoms with Crippen LogP contribution in [0.15, 0.2) is 59.0 Å². The second-order valence-corrected chi connectivity index (χ2v) is 8.66. The summed E-state index contributed by atoms with van der Waals surface area (Å²) in [6.07, 6.45) is -2.75. The Morgan fingerprint density at radius 3 is 2.56 bits per heavy atom. The molecule has 4 rings (SSSR count). The minimum absolute atomic E-state index is 0.0810. The van der Waals surface area contributed by atoms with Gasteiger partial charge in [-0.1, -0.05) is 30.3 Å². The van der Waals surface area contributed by atoms with E-state index in [-0.39, 0.29) is 17.7 Å². The zero-order chi connectivity index (χ0) is 22.6. The molecule has 168 valence electrons. The van der Waals surface area contributed by atoms with Crippen molar-refractivity contribution in [3.63, 3.8) is 0 Å². The number of carbonyl (C=O) groups excluding carboxylic acids is 1. The number of likely N-dealkylation sites (tertiary alicyclic amines) is 1. The summed E-state index contributed by atoms with van der Waals surface area (Å²) in [7, 11) is 0. The molecule has 1 aliphatic heterocycles. The van der Waals surface area contributed by atoms with E-state index in [0.717, 1.165) is 30.7 Å². The highest BCUT2D eigenvalue weighted by atomic mass is 32.2. The number of piperidine rings is 1. The summed E-state index contributed by atoms with van der Waals surface area (Å²) < 4.78 is 44.0. The number of alkyl halides is 3. The van der Waals surface area contributed by atoms with E-state index in [1.807, 2.05) is 35.2 Å². The Balaban J connectivity index is 1.34. The standard InChI is InChI=1S/C23H22F3N3O2S/c24-23(25,26)19-10-8-17(9-11-19)21-27-28-22(31-21)18-7-4-12-29(13-18)20(30)15-32-14-16-5-2-1-3-6-16/h1-3,5-6,8-11,18H,4,7,12-15H2. The molecule has 9 heteroatoms. The zero-order valence-corrected chi connectivity index (χ0v) is 18.0. The van der Waals surface area contributed by atoms with E-state index in [0.29, 0.717) is 30.3 Å². The molecule has 32 heavy (non-hydrogen) atoms. The Bertz CT molecular complexity index is 1040. The van der Waals surface area contributed by atoms with Crippen LogP contribution in [-0.2, 0) is 16.7 Å². The molecule has 1 aromatic heterocycles. The number of carbonyl (C=O) groups is 1. The van der Waals surface area contributed by atoms with Crippen LogP contribution in [0.1, 0.15) is 35.8 Å². The molecule has 5 nitrogen and oxygen atoms in total. The highest BCUT2D eigenvalue weighted by molar-refractivity contribution is 7.99. The summed E-state index contributed by atoms with van der Waals surface area (Å²) in [5.41, 5.74) is 0.883. The third-order valence-corrected chi connectivity index (χ3v) is 6.35. The zero-order valence-electron chi connectivity index (χ0n) is 17.2. The number of hydrogen-bond acceptors (Lipinski definition) is 5. The Morgan fingerprint density at radius 2 is 1.84 bits per heavy atom. The molecule has 1 aliphatic rings. The topological polar surface area (TPSA) is 59.2 Å². The molecule has 3 aromatic rings. The molecule has 2 heterocycles. The molecule has 0 N–H and O–H groups in total. The minimum atomic E-state index is -4.39. The van der Waals surface area contributed by atoms with Gasteiger partial charge in [0.1, 0.15) is 0 Å². The Kier molecular flexibility index (Phi) is 6.83. The van der Waals surface area contributed by atoms with Crippen molar-refractivity contribution in [1.82, 2.24) is 15.1 Å². The number of nitrogens with zero attached hydrogens (tertiary/aromatic N) is 3. The summed E-state index contributed by atoms with van der Waals surface area (Å²) in [5.74, 6) is 1.78. The van der Waals surface area contributed by atoms with Crippen molar-refractivity contribution in [2.24, 2.45) is 0 Å². The lowest BCUT2D eigenvalue weighted by Gasteiger charge is -2.31. The van der Waals surface area contributed by atoms with Crippen molar-refractivity contribution >= 4 is 17.7 Å². The maximum atomic E-state index is 12.7. The van der Waals surface area contributed by atoms with Crippen molar-refractivity contribution in [2.45, 2.75) is 30.7 Å². The van der Waals surface area contributed by atoms with E-state index < -0.39 is 11.7 Å². The van der Waals surface area contributed by atoms with Crippen molar-refractivity contribution < 1.29 is 22.4 Å². The van der Waals surface area contributed by atoms with Crippen molar-refractivity contribution in [2.75, 3.05) is 18.8 Å². The predicted molar refractivity (Wildman–Crippen MR) is 116 cm³/mol. The van der Waals surface area contributed by atoms with Gasteiger partial charge in [0, 0.05) is 24.4 Å². The SMILES string of the molecule is O=C(CSCc1ccccc1)N1CCCC(c2nnc(-c3ccc(C(F)(F)F)cc3)o2)C1. The highest BCUT2D eigenvalue weighted by Gasteiger charge is 2.31. The van der Waals surface area contributed by atoms with Crippen LogP contribution < -0.4 is 0 Å². The molecule has 0 spiro atoms. The molecule has 1 atom stereocenters.